The molecule has 2 heterocycles. The van der Waals surface area contributed by atoms with Crippen molar-refractivity contribution >= 4 is 28.3 Å². The molecule has 138 valence electrons. The third-order valence-corrected chi connectivity index (χ3v) is 5.49. The van der Waals surface area contributed by atoms with Gasteiger partial charge in [0.2, 0.25) is 11.8 Å². The van der Waals surface area contributed by atoms with Crippen LogP contribution in [0.25, 0.3) is 0 Å². The van der Waals surface area contributed by atoms with Gasteiger partial charge in [0.15, 0.2) is 5.13 Å². The lowest BCUT2D eigenvalue weighted by Gasteiger charge is -2.34. The Morgan fingerprint density at radius 3 is 2.65 bits per heavy atom. The van der Waals surface area contributed by atoms with E-state index >= 15 is 0 Å². The number of hydrogen-bond acceptors (Lipinski definition) is 5. The molecule has 1 aliphatic heterocycles. The zero-order valence-electron chi connectivity index (χ0n) is 14.9. The fourth-order valence-electron chi connectivity index (χ4n) is 3.14. The van der Waals surface area contributed by atoms with Crippen molar-refractivity contribution in [3.8, 4) is 0 Å². The molecule has 1 aromatic carbocycles. The van der Waals surface area contributed by atoms with Gasteiger partial charge in [0.05, 0.1) is 6.04 Å². The summed E-state index contributed by atoms with van der Waals surface area (Å²) in [6, 6.07) is 9.69. The van der Waals surface area contributed by atoms with E-state index in [4.69, 9.17) is 0 Å². The summed E-state index contributed by atoms with van der Waals surface area (Å²) < 4.78 is 0. The molecular formula is C19H24N4O2S. The highest BCUT2D eigenvalue weighted by Gasteiger charge is 2.29. The summed E-state index contributed by atoms with van der Waals surface area (Å²) in [5, 5.41) is 8.32. The summed E-state index contributed by atoms with van der Waals surface area (Å²) in [5.74, 6) is 0.0736. The van der Waals surface area contributed by atoms with Crippen LogP contribution in [0.5, 0.6) is 0 Å². The van der Waals surface area contributed by atoms with Crippen molar-refractivity contribution in [3.63, 3.8) is 0 Å². The fraction of sp³-hybridized carbons (Fsp3) is 0.421. The molecule has 7 heteroatoms. The second-order valence-electron chi connectivity index (χ2n) is 6.52. The number of rotatable bonds is 6. The smallest absolute Gasteiger partial charge is 0.243 e. The number of carbonyl (C=O) groups excluding carboxylic acids is 2. The summed E-state index contributed by atoms with van der Waals surface area (Å²) in [4.78, 5) is 30.9. The molecule has 6 nitrogen and oxygen atoms in total. The van der Waals surface area contributed by atoms with Crippen LogP contribution in [0, 0.1) is 5.92 Å². The molecule has 0 spiro atoms. The van der Waals surface area contributed by atoms with Gasteiger partial charge in [-0.2, -0.15) is 0 Å². The van der Waals surface area contributed by atoms with Crippen molar-refractivity contribution in [3.05, 3.63) is 47.5 Å². The van der Waals surface area contributed by atoms with E-state index in [0.717, 1.165) is 31.5 Å². The predicted octanol–water partition coefficient (Wildman–Crippen LogP) is 2.50. The summed E-state index contributed by atoms with van der Waals surface area (Å²) in [5.41, 5.74) is 1.10. The second kappa shape index (κ2) is 8.91. The van der Waals surface area contributed by atoms with Crippen LogP contribution in [-0.4, -0.2) is 40.8 Å². The maximum absolute atomic E-state index is 12.4. The SMILES string of the molecule is CC(C(=O)Nc1nccs1)N1CCC(C(=O)NCc2ccccc2)CC1. The number of thiazole rings is 1. The monoisotopic (exact) mass is 372 g/mol. The summed E-state index contributed by atoms with van der Waals surface area (Å²) in [7, 11) is 0. The van der Waals surface area contributed by atoms with Crippen molar-refractivity contribution in [1.29, 1.82) is 0 Å². The highest BCUT2D eigenvalue weighted by molar-refractivity contribution is 7.13. The molecule has 1 fully saturated rings. The fourth-order valence-corrected chi connectivity index (χ4v) is 3.67. The summed E-state index contributed by atoms with van der Waals surface area (Å²) in [6.07, 6.45) is 3.22. The number of piperidine rings is 1. The van der Waals surface area contributed by atoms with E-state index in [0.29, 0.717) is 11.7 Å². The molecule has 1 aromatic heterocycles. The molecular weight excluding hydrogens is 348 g/mol. The third-order valence-electron chi connectivity index (χ3n) is 4.80. The number of nitrogens with one attached hydrogen (secondary N) is 2. The van der Waals surface area contributed by atoms with Gasteiger partial charge in [0.1, 0.15) is 0 Å². The molecule has 1 atom stereocenters. The maximum Gasteiger partial charge on any atom is 0.243 e. The molecule has 1 saturated heterocycles. The molecule has 1 unspecified atom stereocenters. The van der Waals surface area contributed by atoms with E-state index < -0.39 is 0 Å². The first kappa shape index (κ1) is 18.5. The van der Waals surface area contributed by atoms with Crippen molar-refractivity contribution in [2.24, 2.45) is 5.92 Å². The Kier molecular flexibility index (Phi) is 6.35. The Hall–Kier alpha value is -2.25. The van der Waals surface area contributed by atoms with Crippen molar-refractivity contribution in [2.45, 2.75) is 32.4 Å². The summed E-state index contributed by atoms with van der Waals surface area (Å²) >= 11 is 1.41. The number of carbonyl (C=O) groups is 2. The molecule has 0 saturated carbocycles. The third kappa shape index (κ3) is 4.89. The van der Waals surface area contributed by atoms with Gasteiger partial charge < -0.3 is 10.6 Å². The predicted molar refractivity (Wildman–Crippen MR) is 103 cm³/mol. The second-order valence-corrected chi connectivity index (χ2v) is 7.41. The maximum atomic E-state index is 12.4. The van der Waals surface area contributed by atoms with Gasteiger partial charge >= 0.3 is 0 Å². The van der Waals surface area contributed by atoms with E-state index in [9.17, 15) is 9.59 Å². The molecule has 3 rings (SSSR count). The number of aromatic nitrogens is 1. The lowest BCUT2D eigenvalue weighted by molar-refractivity contribution is -0.127. The molecule has 0 aliphatic carbocycles. The van der Waals surface area contributed by atoms with Crippen LogP contribution in [0.15, 0.2) is 41.9 Å². The number of hydrogen-bond donors (Lipinski definition) is 2. The van der Waals surface area contributed by atoms with Crippen molar-refractivity contribution in [2.75, 3.05) is 18.4 Å². The first-order valence-corrected chi connectivity index (χ1v) is 9.77. The number of anilines is 1. The lowest BCUT2D eigenvalue weighted by atomic mass is 9.95. The van der Waals surface area contributed by atoms with E-state index in [2.05, 4.69) is 20.5 Å². The lowest BCUT2D eigenvalue weighted by Crippen LogP contribution is -2.48. The van der Waals surface area contributed by atoms with Crippen molar-refractivity contribution in [1.82, 2.24) is 15.2 Å². The number of nitrogens with zero attached hydrogens (tertiary/aromatic N) is 2. The average molecular weight is 372 g/mol. The van der Waals surface area contributed by atoms with Crippen LogP contribution in [-0.2, 0) is 16.1 Å². The van der Waals surface area contributed by atoms with Crippen molar-refractivity contribution < 1.29 is 9.59 Å². The first-order chi connectivity index (χ1) is 12.6. The quantitative estimate of drug-likeness (QED) is 0.817. The van der Waals surface area contributed by atoms with Gasteiger partial charge in [-0.1, -0.05) is 30.3 Å². The molecule has 1 aliphatic rings. The van der Waals surface area contributed by atoms with Gasteiger partial charge in [-0.15, -0.1) is 11.3 Å². The Bertz CT molecular complexity index is 712. The minimum absolute atomic E-state index is 0.0178. The molecule has 0 radical (unpaired) electrons. The van der Waals surface area contributed by atoms with Gasteiger partial charge in [-0.25, -0.2) is 4.98 Å². The highest BCUT2D eigenvalue weighted by atomic mass is 32.1. The van der Waals surface area contributed by atoms with Crippen LogP contribution in [0.1, 0.15) is 25.3 Å². The van der Waals surface area contributed by atoms with Crippen LogP contribution in [0.4, 0.5) is 5.13 Å². The van der Waals surface area contributed by atoms with E-state index in [1.54, 1.807) is 6.20 Å². The Labute approximate surface area is 157 Å². The minimum atomic E-state index is -0.229. The highest BCUT2D eigenvalue weighted by Crippen LogP contribution is 2.20. The zero-order valence-corrected chi connectivity index (χ0v) is 15.7. The van der Waals surface area contributed by atoms with Crippen LogP contribution >= 0.6 is 11.3 Å². The Morgan fingerprint density at radius 1 is 1.27 bits per heavy atom. The number of benzene rings is 1. The standard InChI is InChI=1S/C19H24N4O2S/c1-14(17(24)22-19-20-9-12-26-19)23-10-7-16(8-11-23)18(25)21-13-15-5-3-2-4-6-15/h2-6,9,12,14,16H,7-8,10-11,13H2,1H3,(H,21,25)(H,20,22,24). The Balaban J connectivity index is 1.43. The van der Waals surface area contributed by atoms with Gasteiger partial charge in [-0.3, -0.25) is 14.5 Å². The van der Waals surface area contributed by atoms with Crippen LogP contribution in [0.3, 0.4) is 0 Å². The molecule has 2 N–H and O–H groups in total. The summed E-state index contributed by atoms with van der Waals surface area (Å²) in [6.45, 7) is 3.96. The average Bonchev–Trinajstić information content (AvgIpc) is 3.19. The molecule has 0 bridgehead atoms. The molecule has 26 heavy (non-hydrogen) atoms. The Morgan fingerprint density at radius 2 is 2.00 bits per heavy atom. The number of likely N-dealkylation sites (tertiary alicyclic amines) is 1. The largest absolute Gasteiger partial charge is 0.352 e. The number of amides is 2. The van der Waals surface area contributed by atoms with E-state index in [-0.39, 0.29) is 23.8 Å². The van der Waals surface area contributed by atoms with Crippen LogP contribution < -0.4 is 10.6 Å². The molecule has 2 amide bonds. The molecule has 2 aromatic rings. The van der Waals surface area contributed by atoms with Gasteiger partial charge in [0, 0.05) is 24.0 Å². The van der Waals surface area contributed by atoms with E-state index in [1.165, 1.54) is 11.3 Å². The normalized spacial score (nSPS) is 16.8. The first-order valence-electron chi connectivity index (χ1n) is 8.89. The topological polar surface area (TPSA) is 74.3 Å². The van der Waals surface area contributed by atoms with Gasteiger partial charge in [0.25, 0.3) is 0 Å². The zero-order chi connectivity index (χ0) is 18.4. The van der Waals surface area contributed by atoms with E-state index in [1.807, 2.05) is 42.6 Å². The minimum Gasteiger partial charge on any atom is -0.352 e. The van der Waals surface area contributed by atoms with Gasteiger partial charge in [-0.05, 0) is 38.4 Å². The van der Waals surface area contributed by atoms with Crippen LogP contribution in [0.2, 0.25) is 0 Å².